The molecule has 0 bridgehead atoms. The van der Waals surface area contributed by atoms with Gasteiger partial charge in [0.2, 0.25) is 5.71 Å². The first-order valence-corrected chi connectivity index (χ1v) is 11.0. The number of aromatic nitrogens is 2. The van der Waals surface area contributed by atoms with E-state index in [9.17, 15) is 0 Å². The molecule has 5 heterocycles. The lowest BCUT2D eigenvalue weighted by atomic mass is 9.58. The molecule has 6 rings (SSSR count). The number of hydrogen-bond acceptors (Lipinski definition) is 6. The molecule has 0 aliphatic carbocycles. The first-order valence-electron chi connectivity index (χ1n) is 11.0. The maximum atomic E-state index is 6.30. The third kappa shape index (κ3) is 2.60. The molecule has 2 aliphatic heterocycles. The summed E-state index contributed by atoms with van der Waals surface area (Å²) in [6.45, 7) is 8.57. The molecular formula is C25H24BN5O. The SMILES string of the molecule is CB1c2oc3nc(C)ccc3c2C=C(C)N1N1c2cccnc2N(c2ccccc2)[C@@H]1C. The average Bonchev–Trinajstić information content (AvgIpc) is 3.29. The fraction of sp³-hybridized carbons (Fsp3) is 0.200. The normalized spacial score (nSPS) is 17.6. The molecule has 3 aromatic heterocycles. The minimum atomic E-state index is 0.00994. The van der Waals surface area contributed by atoms with E-state index in [0.717, 1.165) is 45.2 Å². The van der Waals surface area contributed by atoms with Gasteiger partial charge in [0.1, 0.15) is 17.5 Å². The standard InChI is InChI=1S/C25H24BN5O/c1-16-12-13-20-21-15-17(2)31(26(4)23(21)32-25(20)28-16)30-18(3)29(19-9-6-5-7-10-19)24-22(30)11-8-14-27-24/h5-15,18H,1-4H3/t18-/m0/s1. The summed E-state index contributed by atoms with van der Waals surface area (Å²) in [6.07, 6.45) is 4.12. The molecule has 1 aromatic carbocycles. The molecule has 0 spiro atoms. The van der Waals surface area contributed by atoms with Crippen molar-refractivity contribution < 1.29 is 4.42 Å². The molecule has 1 atom stereocenters. The van der Waals surface area contributed by atoms with Gasteiger partial charge < -0.3 is 14.2 Å². The monoisotopic (exact) mass is 421 g/mol. The summed E-state index contributed by atoms with van der Waals surface area (Å²) < 4.78 is 6.30. The van der Waals surface area contributed by atoms with Gasteiger partial charge in [0, 0.05) is 34.2 Å². The van der Waals surface area contributed by atoms with Crippen LogP contribution in [-0.4, -0.2) is 27.9 Å². The Kier molecular flexibility index (Phi) is 4.09. The number of hydrogen-bond donors (Lipinski definition) is 0. The highest BCUT2D eigenvalue weighted by atomic mass is 16.3. The van der Waals surface area contributed by atoms with Crippen molar-refractivity contribution in [2.45, 2.75) is 33.8 Å². The second kappa shape index (κ2) is 6.89. The Hall–Kier alpha value is -3.74. The van der Waals surface area contributed by atoms with E-state index in [1.54, 1.807) is 0 Å². The zero-order chi connectivity index (χ0) is 22.0. The van der Waals surface area contributed by atoms with Crippen molar-refractivity contribution in [1.82, 2.24) is 14.9 Å². The Morgan fingerprint density at radius 1 is 1.00 bits per heavy atom. The van der Waals surface area contributed by atoms with Gasteiger partial charge in [0.05, 0.1) is 0 Å². The van der Waals surface area contributed by atoms with Crippen molar-refractivity contribution in [2.24, 2.45) is 0 Å². The van der Waals surface area contributed by atoms with Crippen LogP contribution in [0, 0.1) is 6.92 Å². The van der Waals surface area contributed by atoms with Crippen LogP contribution in [-0.2, 0) is 0 Å². The lowest BCUT2D eigenvalue weighted by Gasteiger charge is -2.43. The van der Waals surface area contributed by atoms with E-state index < -0.39 is 0 Å². The van der Waals surface area contributed by atoms with Crippen molar-refractivity contribution in [2.75, 3.05) is 9.91 Å². The van der Waals surface area contributed by atoms with Gasteiger partial charge in [-0.05, 0) is 63.2 Å². The highest BCUT2D eigenvalue weighted by Crippen LogP contribution is 2.44. The van der Waals surface area contributed by atoms with Crippen molar-refractivity contribution in [3.8, 4) is 0 Å². The quantitative estimate of drug-likeness (QED) is 0.427. The van der Waals surface area contributed by atoms with Crippen LogP contribution in [0.5, 0.6) is 0 Å². The molecule has 0 N–H and O–H groups in total. The number of anilines is 3. The van der Waals surface area contributed by atoms with E-state index in [1.807, 2.05) is 31.3 Å². The van der Waals surface area contributed by atoms with Gasteiger partial charge in [0.25, 0.3) is 0 Å². The van der Waals surface area contributed by atoms with Crippen LogP contribution in [0.25, 0.3) is 17.2 Å². The number of furan rings is 1. The Morgan fingerprint density at radius 3 is 2.62 bits per heavy atom. The number of pyridine rings is 2. The van der Waals surface area contributed by atoms with Gasteiger partial charge in [-0.25, -0.2) is 9.97 Å². The number of nitrogens with zero attached hydrogens (tertiary/aromatic N) is 5. The first kappa shape index (κ1) is 19.0. The number of fused-ring (bicyclic) bond motifs is 4. The van der Waals surface area contributed by atoms with Crippen LogP contribution in [0.15, 0.2) is 70.9 Å². The van der Waals surface area contributed by atoms with Crippen molar-refractivity contribution in [1.29, 1.82) is 0 Å². The summed E-state index contributed by atoms with van der Waals surface area (Å²) in [5.74, 6) is 0.957. The maximum Gasteiger partial charge on any atom is 0.353 e. The second-order valence-corrected chi connectivity index (χ2v) is 8.52. The largest absolute Gasteiger partial charge is 0.450 e. The Morgan fingerprint density at radius 2 is 1.81 bits per heavy atom. The van der Waals surface area contributed by atoms with Crippen LogP contribution in [0.3, 0.4) is 0 Å². The summed E-state index contributed by atoms with van der Waals surface area (Å²) in [5, 5.41) is 3.40. The Balaban J connectivity index is 1.48. The van der Waals surface area contributed by atoms with Gasteiger partial charge in [-0.15, -0.1) is 0 Å². The Labute approximate surface area is 187 Å². The molecular weight excluding hydrogens is 397 g/mol. The van der Waals surface area contributed by atoms with E-state index >= 15 is 0 Å². The molecule has 0 saturated heterocycles. The highest BCUT2D eigenvalue weighted by molar-refractivity contribution is 6.70. The van der Waals surface area contributed by atoms with E-state index in [-0.39, 0.29) is 13.0 Å². The molecule has 0 amide bonds. The first-order chi connectivity index (χ1) is 15.5. The predicted octanol–water partition coefficient (Wildman–Crippen LogP) is 4.96. The molecule has 2 aliphatic rings. The highest BCUT2D eigenvalue weighted by Gasteiger charge is 2.44. The Bertz CT molecular complexity index is 1370. The number of para-hydroxylation sites is 1. The molecule has 4 aromatic rings. The number of hydrazine groups is 1. The third-order valence-corrected chi connectivity index (χ3v) is 6.46. The van der Waals surface area contributed by atoms with Crippen molar-refractivity contribution in [3.05, 3.63) is 77.7 Å². The fourth-order valence-electron chi connectivity index (χ4n) is 5.08. The van der Waals surface area contributed by atoms with Crippen LogP contribution >= 0.6 is 0 Å². The fourth-order valence-corrected chi connectivity index (χ4v) is 5.08. The topological polar surface area (TPSA) is 48.6 Å². The summed E-state index contributed by atoms with van der Waals surface area (Å²) in [6, 6.07) is 18.7. The van der Waals surface area contributed by atoms with E-state index in [1.165, 1.54) is 0 Å². The zero-order valence-electron chi connectivity index (χ0n) is 18.6. The number of benzene rings is 1. The summed E-state index contributed by atoms with van der Waals surface area (Å²) >= 11 is 0. The van der Waals surface area contributed by atoms with Crippen molar-refractivity contribution in [3.63, 3.8) is 0 Å². The molecule has 0 fully saturated rings. The summed E-state index contributed by atoms with van der Waals surface area (Å²) in [7, 11) is 0. The second-order valence-electron chi connectivity index (χ2n) is 8.52. The van der Waals surface area contributed by atoms with E-state index in [4.69, 9.17) is 9.40 Å². The minimum Gasteiger partial charge on any atom is -0.450 e. The molecule has 0 saturated carbocycles. The molecule has 0 radical (unpaired) electrons. The number of aryl methyl sites for hydroxylation is 1. The van der Waals surface area contributed by atoms with Crippen LogP contribution in [0.1, 0.15) is 25.1 Å². The van der Waals surface area contributed by atoms with E-state index in [2.05, 4.69) is 83.0 Å². The molecule has 7 heteroatoms. The summed E-state index contributed by atoms with van der Waals surface area (Å²) in [4.78, 5) is 14.0. The van der Waals surface area contributed by atoms with Gasteiger partial charge in [-0.1, -0.05) is 25.0 Å². The van der Waals surface area contributed by atoms with Crippen LogP contribution < -0.4 is 15.6 Å². The van der Waals surface area contributed by atoms with Gasteiger partial charge in [0.15, 0.2) is 5.82 Å². The number of allylic oxidation sites excluding steroid dienone is 1. The average molecular weight is 421 g/mol. The van der Waals surface area contributed by atoms with Gasteiger partial charge in [-0.2, -0.15) is 0 Å². The zero-order valence-corrected chi connectivity index (χ0v) is 18.6. The molecule has 0 unspecified atom stereocenters. The smallest absolute Gasteiger partial charge is 0.353 e. The third-order valence-electron chi connectivity index (χ3n) is 6.46. The van der Waals surface area contributed by atoms with Crippen LogP contribution in [0.4, 0.5) is 17.2 Å². The predicted molar refractivity (Wildman–Crippen MR) is 130 cm³/mol. The molecule has 158 valence electrons. The summed E-state index contributed by atoms with van der Waals surface area (Å²) in [5.41, 5.74) is 7.10. The lowest BCUT2D eigenvalue weighted by molar-refractivity contribution is 0.439. The molecule has 6 nitrogen and oxygen atoms in total. The van der Waals surface area contributed by atoms with Gasteiger partial charge >= 0.3 is 6.85 Å². The van der Waals surface area contributed by atoms with E-state index in [0.29, 0.717) is 5.71 Å². The van der Waals surface area contributed by atoms with Crippen molar-refractivity contribution >= 4 is 46.9 Å². The minimum absolute atomic E-state index is 0.00994. The molecule has 32 heavy (non-hydrogen) atoms. The van der Waals surface area contributed by atoms with Gasteiger partial charge in [-0.3, -0.25) is 5.01 Å². The van der Waals surface area contributed by atoms with Crippen LogP contribution in [0.2, 0.25) is 6.82 Å². The number of rotatable bonds is 2. The maximum absolute atomic E-state index is 6.30. The lowest BCUT2D eigenvalue weighted by Crippen LogP contribution is -2.59.